The molecule has 2 N–H and O–H groups in total. The molecule has 0 unspecified atom stereocenters. The highest BCUT2D eigenvalue weighted by Crippen LogP contribution is 2.27. The second-order valence-corrected chi connectivity index (χ2v) is 6.77. The molecule has 6 nitrogen and oxygen atoms in total. The third kappa shape index (κ3) is 4.83. The van der Waals surface area contributed by atoms with Crippen molar-refractivity contribution in [1.29, 1.82) is 0 Å². The minimum absolute atomic E-state index is 0.169. The lowest BCUT2D eigenvalue weighted by atomic mass is 10.1. The number of aryl methyl sites for hydroxylation is 1. The summed E-state index contributed by atoms with van der Waals surface area (Å²) in [7, 11) is 1.53. The van der Waals surface area contributed by atoms with Crippen LogP contribution in [0.25, 0.3) is 0 Å². The molecule has 0 bridgehead atoms. The molecule has 0 aliphatic heterocycles. The van der Waals surface area contributed by atoms with Crippen LogP contribution >= 0.6 is 11.6 Å². The van der Waals surface area contributed by atoms with Gasteiger partial charge in [0.1, 0.15) is 23.1 Å². The Kier molecular flexibility index (Phi) is 5.29. The van der Waals surface area contributed by atoms with E-state index in [1.165, 1.54) is 7.11 Å². The van der Waals surface area contributed by atoms with E-state index in [0.29, 0.717) is 28.1 Å². The van der Waals surface area contributed by atoms with Crippen LogP contribution in [0.3, 0.4) is 0 Å². The van der Waals surface area contributed by atoms with Crippen LogP contribution in [-0.2, 0) is 0 Å². The summed E-state index contributed by atoms with van der Waals surface area (Å²) in [5.74, 6) is 1.33. The van der Waals surface area contributed by atoms with Gasteiger partial charge in [-0.05, 0) is 45.9 Å². The Balaban J connectivity index is 2.22. The Morgan fingerprint density at radius 2 is 1.92 bits per heavy atom. The maximum atomic E-state index is 12.4. The predicted octanol–water partition coefficient (Wildman–Crippen LogP) is 3.91. The highest BCUT2D eigenvalue weighted by Gasteiger charge is 2.15. The summed E-state index contributed by atoms with van der Waals surface area (Å²) < 4.78 is 5.09. The second kappa shape index (κ2) is 7.05. The first-order chi connectivity index (χ1) is 11.2. The molecule has 1 heterocycles. The van der Waals surface area contributed by atoms with Crippen LogP contribution in [0.5, 0.6) is 5.75 Å². The van der Waals surface area contributed by atoms with E-state index in [9.17, 15) is 4.79 Å². The number of amides is 1. The maximum absolute atomic E-state index is 12.4. The maximum Gasteiger partial charge on any atom is 0.274 e. The first-order valence-corrected chi connectivity index (χ1v) is 7.84. The summed E-state index contributed by atoms with van der Waals surface area (Å²) in [4.78, 5) is 20.9. The van der Waals surface area contributed by atoms with Crippen molar-refractivity contribution >= 4 is 29.0 Å². The van der Waals surface area contributed by atoms with Gasteiger partial charge in [0.25, 0.3) is 5.91 Å². The van der Waals surface area contributed by atoms with Gasteiger partial charge in [0.05, 0.1) is 12.1 Å². The molecular weight excluding hydrogens is 328 g/mol. The van der Waals surface area contributed by atoms with Crippen molar-refractivity contribution < 1.29 is 9.53 Å². The quantitative estimate of drug-likeness (QED) is 0.876. The van der Waals surface area contributed by atoms with Gasteiger partial charge in [-0.2, -0.15) is 0 Å². The van der Waals surface area contributed by atoms with Crippen LogP contribution < -0.4 is 15.4 Å². The third-order valence-corrected chi connectivity index (χ3v) is 3.28. The van der Waals surface area contributed by atoms with Crippen LogP contribution in [0.15, 0.2) is 24.3 Å². The Morgan fingerprint density at radius 3 is 2.50 bits per heavy atom. The zero-order chi connectivity index (χ0) is 17.9. The van der Waals surface area contributed by atoms with Gasteiger partial charge in [0.15, 0.2) is 0 Å². The summed E-state index contributed by atoms with van der Waals surface area (Å²) in [6, 6.07) is 6.65. The van der Waals surface area contributed by atoms with Gasteiger partial charge >= 0.3 is 0 Å². The number of nitrogens with zero attached hydrogens (tertiary/aromatic N) is 2. The molecule has 24 heavy (non-hydrogen) atoms. The van der Waals surface area contributed by atoms with Gasteiger partial charge in [-0.3, -0.25) is 4.79 Å². The fourth-order valence-electron chi connectivity index (χ4n) is 2.07. The number of benzene rings is 1. The Morgan fingerprint density at radius 1 is 1.21 bits per heavy atom. The summed E-state index contributed by atoms with van der Waals surface area (Å²) in [5, 5.41) is 6.43. The number of nitrogens with one attached hydrogen (secondary N) is 2. The van der Waals surface area contributed by atoms with Crippen molar-refractivity contribution in [2.45, 2.75) is 33.2 Å². The molecule has 0 saturated heterocycles. The van der Waals surface area contributed by atoms with Crippen molar-refractivity contribution in [1.82, 2.24) is 9.97 Å². The first kappa shape index (κ1) is 18.0. The topological polar surface area (TPSA) is 76.1 Å². The molecule has 0 radical (unpaired) electrons. The lowest BCUT2D eigenvalue weighted by molar-refractivity contribution is 0.102. The van der Waals surface area contributed by atoms with Crippen LogP contribution in [0.2, 0.25) is 5.02 Å². The van der Waals surface area contributed by atoms with Gasteiger partial charge in [0.2, 0.25) is 0 Å². The lowest BCUT2D eigenvalue weighted by Gasteiger charge is -2.21. The zero-order valence-electron chi connectivity index (χ0n) is 14.4. The Hall–Kier alpha value is -2.34. The van der Waals surface area contributed by atoms with Gasteiger partial charge < -0.3 is 15.4 Å². The monoisotopic (exact) mass is 348 g/mol. The smallest absolute Gasteiger partial charge is 0.274 e. The van der Waals surface area contributed by atoms with Gasteiger partial charge in [-0.25, -0.2) is 9.97 Å². The van der Waals surface area contributed by atoms with E-state index in [0.717, 1.165) is 0 Å². The van der Waals surface area contributed by atoms with Crippen LogP contribution in [0.1, 0.15) is 37.1 Å². The van der Waals surface area contributed by atoms with E-state index in [1.54, 1.807) is 31.2 Å². The van der Waals surface area contributed by atoms with Crippen molar-refractivity contribution in [3.05, 3.63) is 40.8 Å². The summed E-state index contributed by atoms with van der Waals surface area (Å²) in [6.45, 7) is 7.80. The van der Waals surface area contributed by atoms with Crippen LogP contribution in [0.4, 0.5) is 11.5 Å². The molecule has 0 fully saturated rings. The van der Waals surface area contributed by atoms with E-state index in [4.69, 9.17) is 16.3 Å². The molecule has 1 amide bonds. The SMILES string of the molecule is COc1ccc(NC(=O)c2cc(NC(C)(C)C)nc(C)n2)cc1Cl. The first-order valence-electron chi connectivity index (χ1n) is 7.47. The van der Waals surface area contributed by atoms with Crippen molar-refractivity contribution in [2.75, 3.05) is 17.7 Å². The number of hydrogen-bond donors (Lipinski definition) is 2. The molecule has 0 aliphatic rings. The Bertz CT molecular complexity index is 757. The highest BCUT2D eigenvalue weighted by atomic mass is 35.5. The Labute approximate surface area is 146 Å². The number of hydrogen-bond acceptors (Lipinski definition) is 5. The van der Waals surface area contributed by atoms with Crippen LogP contribution in [-0.4, -0.2) is 28.5 Å². The number of aromatic nitrogens is 2. The summed E-state index contributed by atoms with van der Waals surface area (Å²) in [6.07, 6.45) is 0. The van der Waals surface area contributed by atoms with Crippen LogP contribution in [0, 0.1) is 6.92 Å². The number of methoxy groups -OCH3 is 1. The molecule has 1 aromatic heterocycles. The van der Waals surface area contributed by atoms with E-state index in [2.05, 4.69) is 20.6 Å². The highest BCUT2D eigenvalue weighted by molar-refractivity contribution is 6.32. The number of ether oxygens (including phenoxy) is 1. The molecular formula is C17H21ClN4O2. The number of anilines is 2. The number of carbonyl (C=O) groups is 1. The normalized spacial score (nSPS) is 11.1. The fraction of sp³-hybridized carbons (Fsp3) is 0.353. The average Bonchev–Trinajstić information content (AvgIpc) is 2.45. The molecule has 0 atom stereocenters. The summed E-state index contributed by atoms with van der Waals surface area (Å²) >= 11 is 6.07. The van der Waals surface area contributed by atoms with Crippen molar-refractivity contribution in [3.63, 3.8) is 0 Å². The van der Waals surface area contributed by atoms with E-state index >= 15 is 0 Å². The lowest BCUT2D eigenvalue weighted by Crippen LogP contribution is -2.27. The van der Waals surface area contributed by atoms with Gasteiger partial charge in [-0.15, -0.1) is 0 Å². The minimum atomic E-state index is -0.335. The largest absolute Gasteiger partial charge is 0.495 e. The molecule has 128 valence electrons. The standard InChI is InChI=1S/C17H21ClN4O2/c1-10-19-13(9-15(20-10)22-17(2,3)4)16(23)21-11-6-7-14(24-5)12(18)8-11/h6-9H,1-5H3,(H,21,23)(H,19,20,22). The van der Waals surface area contributed by atoms with Crippen molar-refractivity contribution in [3.8, 4) is 5.75 Å². The molecule has 0 saturated carbocycles. The van der Waals surface area contributed by atoms with E-state index < -0.39 is 0 Å². The summed E-state index contributed by atoms with van der Waals surface area (Å²) in [5.41, 5.74) is 0.673. The average molecular weight is 349 g/mol. The predicted molar refractivity (Wildman–Crippen MR) is 96.1 cm³/mol. The molecule has 2 rings (SSSR count). The number of halogens is 1. The van der Waals surface area contributed by atoms with Crippen molar-refractivity contribution in [2.24, 2.45) is 0 Å². The zero-order valence-corrected chi connectivity index (χ0v) is 15.2. The van der Waals surface area contributed by atoms with E-state index in [-0.39, 0.29) is 17.1 Å². The second-order valence-electron chi connectivity index (χ2n) is 6.36. The molecule has 0 spiro atoms. The number of rotatable bonds is 4. The van der Waals surface area contributed by atoms with E-state index in [1.807, 2.05) is 20.8 Å². The van der Waals surface area contributed by atoms with Gasteiger partial charge in [-0.1, -0.05) is 11.6 Å². The van der Waals surface area contributed by atoms with Gasteiger partial charge in [0, 0.05) is 17.3 Å². The molecule has 2 aromatic rings. The molecule has 7 heteroatoms. The third-order valence-electron chi connectivity index (χ3n) is 2.98. The molecule has 0 aliphatic carbocycles. The molecule has 1 aromatic carbocycles. The fourth-order valence-corrected chi connectivity index (χ4v) is 2.33. The number of carbonyl (C=O) groups excluding carboxylic acids is 1. The minimum Gasteiger partial charge on any atom is -0.495 e.